The second kappa shape index (κ2) is 7.23. The average Bonchev–Trinajstić information content (AvgIpc) is 2.69. The molecular formula is C23H20FNO2. The summed E-state index contributed by atoms with van der Waals surface area (Å²) in [6.07, 6.45) is 0.892. The van der Waals surface area contributed by atoms with Gasteiger partial charge < -0.3 is 9.64 Å². The Balaban J connectivity index is 1.60. The molecule has 4 rings (SSSR count). The van der Waals surface area contributed by atoms with Gasteiger partial charge in [0.15, 0.2) is 0 Å². The minimum Gasteiger partial charge on any atom is -0.496 e. The quantitative estimate of drug-likeness (QED) is 0.648. The molecular weight excluding hydrogens is 341 g/mol. The molecule has 136 valence electrons. The third-order valence-electron chi connectivity index (χ3n) is 5.06. The molecule has 1 fully saturated rings. The topological polar surface area (TPSA) is 29.5 Å². The van der Waals surface area contributed by atoms with Gasteiger partial charge in [-0.1, -0.05) is 42.5 Å². The van der Waals surface area contributed by atoms with Gasteiger partial charge in [0, 0.05) is 17.7 Å². The summed E-state index contributed by atoms with van der Waals surface area (Å²) in [5.41, 5.74) is 3.51. The molecule has 3 aromatic rings. The minimum atomic E-state index is -0.263. The van der Waals surface area contributed by atoms with E-state index in [1.165, 1.54) is 12.1 Å². The van der Waals surface area contributed by atoms with E-state index in [1.807, 2.05) is 53.4 Å². The number of likely N-dealkylation sites (tertiary alicyclic amines) is 1. The molecule has 1 aliphatic rings. The lowest BCUT2D eigenvalue weighted by Crippen LogP contribution is -2.45. The summed E-state index contributed by atoms with van der Waals surface area (Å²) in [7, 11) is 1.64. The maximum absolute atomic E-state index is 13.2. The smallest absolute Gasteiger partial charge is 0.254 e. The van der Waals surface area contributed by atoms with E-state index in [9.17, 15) is 9.18 Å². The van der Waals surface area contributed by atoms with Crippen LogP contribution in [-0.4, -0.2) is 24.5 Å². The van der Waals surface area contributed by atoms with E-state index in [2.05, 4.69) is 0 Å². The van der Waals surface area contributed by atoms with E-state index >= 15 is 0 Å². The van der Waals surface area contributed by atoms with E-state index in [-0.39, 0.29) is 17.8 Å². The lowest BCUT2D eigenvalue weighted by atomic mass is 9.93. The SMILES string of the molecule is COc1ccccc1-c1cccc(C(=O)N2CCC2c2ccc(F)cc2)c1. The number of benzene rings is 3. The lowest BCUT2D eigenvalue weighted by molar-refractivity contribution is 0.0460. The molecule has 4 heteroatoms. The molecule has 0 radical (unpaired) electrons. The van der Waals surface area contributed by atoms with Gasteiger partial charge in [-0.3, -0.25) is 4.79 Å². The Morgan fingerprint density at radius 2 is 1.81 bits per heavy atom. The predicted molar refractivity (Wildman–Crippen MR) is 103 cm³/mol. The van der Waals surface area contributed by atoms with Crippen LogP contribution in [0.15, 0.2) is 72.8 Å². The van der Waals surface area contributed by atoms with Crippen molar-refractivity contribution in [2.45, 2.75) is 12.5 Å². The summed E-state index contributed by atoms with van der Waals surface area (Å²) in [4.78, 5) is 14.9. The standard InChI is InChI=1S/C23H20FNO2/c1-27-22-8-3-2-7-20(22)17-5-4-6-18(15-17)23(26)25-14-13-21(25)16-9-11-19(24)12-10-16/h2-12,15,21H,13-14H2,1H3. The minimum absolute atomic E-state index is 0.00711. The van der Waals surface area contributed by atoms with Crippen LogP contribution in [0.5, 0.6) is 5.75 Å². The molecule has 0 aliphatic carbocycles. The number of halogens is 1. The fourth-order valence-electron chi connectivity index (χ4n) is 3.53. The average molecular weight is 361 g/mol. The second-order valence-electron chi connectivity index (χ2n) is 6.64. The third-order valence-corrected chi connectivity index (χ3v) is 5.06. The van der Waals surface area contributed by atoms with Crippen LogP contribution in [0.4, 0.5) is 4.39 Å². The zero-order valence-corrected chi connectivity index (χ0v) is 15.1. The summed E-state index contributed by atoms with van der Waals surface area (Å²) >= 11 is 0. The number of amides is 1. The molecule has 1 atom stereocenters. The van der Waals surface area contributed by atoms with E-state index < -0.39 is 0 Å². The van der Waals surface area contributed by atoms with Crippen molar-refractivity contribution >= 4 is 5.91 Å². The van der Waals surface area contributed by atoms with Gasteiger partial charge in [-0.05, 0) is 47.9 Å². The molecule has 3 nitrogen and oxygen atoms in total. The summed E-state index contributed by atoms with van der Waals surface area (Å²) in [6, 6.07) is 21.8. The first kappa shape index (κ1) is 17.3. The highest BCUT2D eigenvalue weighted by Gasteiger charge is 2.33. The number of hydrogen-bond acceptors (Lipinski definition) is 2. The van der Waals surface area contributed by atoms with Crippen LogP contribution >= 0.6 is 0 Å². The number of hydrogen-bond donors (Lipinski definition) is 0. The van der Waals surface area contributed by atoms with Crippen molar-refractivity contribution in [3.05, 3.63) is 89.7 Å². The number of carbonyl (C=O) groups excluding carboxylic acids is 1. The maximum atomic E-state index is 13.2. The van der Waals surface area contributed by atoms with Crippen molar-refractivity contribution in [2.75, 3.05) is 13.7 Å². The van der Waals surface area contributed by atoms with Crippen molar-refractivity contribution in [2.24, 2.45) is 0 Å². The number of methoxy groups -OCH3 is 1. The van der Waals surface area contributed by atoms with Crippen molar-refractivity contribution in [1.29, 1.82) is 0 Å². The summed E-state index contributed by atoms with van der Waals surface area (Å²) in [5, 5.41) is 0. The molecule has 1 unspecified atom stereocenters. The van der Waals surface area contributed by atoms with Gasteiger partial charge >= 0.3 is 0 Å². The molecule has 0 aromatic heterocycles. The normalized spacial score (nSPS) is 15.9. The highest BCUT2D eigenvalue weighted by atomic mass is 19.1. The summed E-state index contributed by atoms with van der Waals surface area (Å²) < 4.78 is 18.6. The van der Waals surface area contributed by atoms with Crippen molar-refractivity contribution in [3.63, 3.8) is 0 Å². The van der Waals surface area contributed by atoms with Crippen LogP contribution in [0.1, 0.15) is 28.4 Å². The molecule has 27 heavy (non-hydrogen) atoms. The van der Waals surface area contributed by atoms with Gasteiger partial charge in [0.1, 0.15) is 11.6 Å². The number of nitrogens with zero attached hydrogens (tertiary/aromatic N) is 1. The molecule has 0 bridgehead atoms. The van der Waals surface area contributed by atoms with E-state index in [0.717, 1.165) is 28.9 Å². The highest BCUT2D eigenvalue weighted by molar-refractivity contribution is 5.96. The van der Waals surface area contributed by atoms with Gasteiger partial charge in [0.25, 0.3) is 5.91 Å². The fraction of sp³-hybridized carbons (Fsp3) is 0.174. The molecule has 1 aliphatic heterocycles. The van der Waals surface area contributed by atoms with E-state index in [0.29, 0.717) is 12.1 Å². The fourth-order valence-corrected chi connectivity index (χ4v) is 3.53. The van der Waals surface area contributed by atoms with Gasteiger partial charge in [-0.15, -0.1) is 0 Å². The summed E-state index contributed by atoms with van der Waals surface area (Å²) in [6.45, 7) is 0.708. The molecule has 1 amide bonds. The molecule has 0 saturated carbocycles. The number of carbonyl (C=O) groups is 1. The van der Waals surface area contributed by atoms with Crippen molar-refractivity contribution in [1.82, 2.24) is 4.90 Å². The first-order valence-corrected chi connectivity index (χ1v) is 8.97. The lowest BCUT2D eigenvalue weighted by Gasteiger charge is -2.41. The van der Waals surface area contributed by atoms with Gasteiger partial charge in [-0.25, -0.2) is 4.39 Å². The van der Waals surface area contributed by atoms with E-state index in [1.54, 1.807) is 19.2 Å². The highest BCUT2D eigenvalue weighted by Crippen LogP contribution is 2.35. The second-order valence-corrected chi connectivity index (χ2v) is 6.64. The van der Waals surface area contributed by atoms with Crippen molar-refractivity contribution in [3.8, 4) is 16.9 Å². The van der Waals surface area contributed by atoms with Gasteiger partial charge in [0.05, 0.1) is 13.2 Å². The molecule has 1 saturated heterocycles. The number of para-hydroxylation sites is 1. The molecule has 1 heterocycles. The molecule has 0 spiro atoms. The number of ether oxygens (including phenoxy) is 1. The third kappa shape index (κ3) is 3.31. The Morgan fingerprint density at radius 1 is 1.04 bits per heavy atom. The van der Waals surface area contributed by atoms with E-state index in [4.69, 9.17) is 4.74 Å². The number of rotatable bonds is 4. The van der Waals surface area contributed by atoms with Crippen LogP contribution in [0.3, 0.4) is 0 Å². The Labute approximate surface area is 158 Å². The van der Waals surface area contributed by atoms with Crippen molar-refractivity contribution < 1.29 is 13.9 Å². The molecule has 3 aromatic carbocycles. The largest absolute Gasteiger partial charge is 0.496 e. The van der Waals surface area contributed by atoms with Crippen LogP contribution in [0.2, 0.25) is 0 Å². The molecule has 0 N–H and O–H groups in total. The Hall–Kier alpha value is -3.14. The predicted octanol–water partition coefficient (Wildman–Crippen LogP) is 5.09. The van der Waals surface area contributed by atoms with Gasteiger partial charge in [-0.2, -0.15) is 0 Å². The van der Waals surface area contributed by atoms with Crippen LogP contribution in [0, 0.1) is 5.82 Å². The zero-order valence-electron chi connectivity index (χ0n) is 15.1. The Morgan fingerprint density at radius 3 is 2.52 bits per heavy atom. The van der Waals surface area contributed by atoms with Crippen LogP contribution < -0.4 is 4.74 Å². The first-order chi connectivity index (χ1) is 13.2. The Kier molecular flexibility index (Phi) is 4.63. The van der Waals surface area contributed by atoms with Gasteiger partial charge in [0.2, 0.25) is 0 Å². The monoisotopic (exact) mass is 361 g/mol. The maximum Gasteiger partial charge on any atom is 0.254 e. The summed E-state index contributed by atoms with van der Waals surface area (Å²) in [5.74, 6) is 0.503. The first-order valence-electron chi connectivity index (χ1n) is 8.97. The Bertz CT molecular complexity index is 968. The zero-order chi connectivity index (χ0) is 18.8. The van der Waals surface area contributed by atoms with Crippen LogP contribution in [-0.2, 0) is 0 Å². The van der Waals surface area contributed by atoms with Crippen LogP contribution in [0.25, 0.3) is 11.1 Å².